The summed E-state index contributed by atoms with van der Waals surface area (Å²) in [5, 5.41) is 3.02. The molecule has 0 aromatic carbocycles. The van der Waals surface area contributed by atoms with E-state index in [1.54, 1.807) is 0 Å². The van der Waals surface area contributed by atoms with Gasteiger partial charge in [-0.15, -0.1) is 5.73 Å². The summed E-state index contributed by atoms with van der Waals surface area (Å²) < 4.78 is 0. The van der Waals surface area contributed by atoms with Crippen LogP contribution in [0.4, 0.5) is 0 Å². The number of rotatable bonds is 3. The maximum absolute atomic E-state index is 3.96. The molecule has 0 spiro atoms. The van der Waals surface area contributed by atoms with Gasteiger partial charge in [0.05, 0.1) is 0 Å². The van der Waals surface area contributed by atoms with Crippen molar-refractivity contribution < 1.29 is 0 Å². The van der Waals surface area contributed by atoms with Crippen molar-refractivity contribution in [1.29, 1.82) is 0 Å². The van der Waals surface area contributed by atoms with Crippen LogP contribution in [-0.4, -0.2) is 12.4 Å². The lowest BCUT2D eigenvalue weighted by Crippen LogP contribution is -2.12. The van der Waals surface area contributed by atoms with Gasteiger partial charge in [0.1, 0.15) is 0 Å². The molecule has 0 amide bonds. The van der Waals surface area contributed by atoms with Crippen LogP contribution in [0, 0.1) is 0 Å². The van der Waals surface area contributed by atoms with Gasteiger partial charge in [-0.05, 0) is 12.5 Å². The Bertz CT molecular complexity index is 103. The van der Waals surface area contributed by atoms with Gasteiger partial charge < -0.3 is 5.32 Å². The van der Waals surface area contributed by atoms with E-state index in [0.29, 0.717) is 5.88 Å². The normalized spacial score (nSPS) is 8.25. The molecule has 46 valence electrons. The molecule has 0 saturated carbocycles. The van der Waals surface area contributed by atoms with E-state index < -0.39 is 0 Å². The molecule has 1 nitrogen and oxygen atoms in total. The Morgan fingerprint density at radius 2 is 2.50 bits per heavy atom. The SMILES string of the molecule is C=C=C(C)CNCS. The molecule has 0 atom stereocenters. The molecule has 2 heteroatoms. The topological polar surface area (TPSA) is 12.0 Å². The lowest BCUT2D eigenvalue weighted by molar-refractivity contribution is 0.860. The maximum atomic E-state index is 3.96. The number of hydrogen-bond donors (Lipinski definition) is 2. The standard InChI is InChI=1S/C6H11NS/c1-3-6(2)4-7-5-8/h7-8H,1,4-5H2,2H3. The lowest BCUT2D eigenvalue weighted by Gasteiger charge is -1.95. The lowest BCUT2D eigenvalue weighted by atomic mass is 10.3. The highest BCUT2D eigenvalue weighted by Crippen LogP contribution is 1.82. The van der Waals surface area contributed by atoms with E-state index in [0.717, 1.165) is 12.1 Å². The second kappa shape index (κ2) is 4.98. The van der Waals surface area contributed by atoms with Gasteiger partial charge in [0.15, 0.2) is 0 Å². The van der Waals surface area contributed by atoms with Crippen LogP contribution in [0.2, 0.25) is 0 Å². The second-order valence-electron chi connectivity index (χ2n) is 1.54. The average Bonchev–Trinajstić information content (AvgIpc) is 1.83. The van der Waals surface area contributed by atoms with Gasteiger partial charge in [-0.1, -0.05) is 6.58 Å². The van der Waals surface area contributed by atoms with Gasteiger partial charge in [-0.25, -0.2) is 0 Å². The summed E-state index contributed by atoms with van der Waals surface area (Å²) in [4.78, 5) is 0. The molecule has 0 aliphatic rings. The molecule has 0 aromatic heterocycles. The molecule has 0 rings (SSSR count). The summed E-state index contributed by atoms with van der Waals surface area (Å²) >= 11 is 3.96. The molecular formula is C6H11NS. The van der Waals surface area contributed by atoms with Crippen LogP contribution in [0.5, 0.6) is 0 Å². The molecule has 0 aliphatic carbocycles. The van der Waals surface area contributed by atoms with E-state index in [9.17, 15) is 0 Å². The summed E-state index contributed by atoms with van der Waals surface area (Å²) in [5.41, 5.74) is 3.89. The van der Waals surface area contributed by atoms with Crippen molar-refractivity contribution in [2.24, 2.45) is 0 Å². The van der Waals surface area contributed by atoms with Crippen LogP contribution < -0.4 is 5.32 Å². The Balaban J connectivity index is 3.26. The van der Waals surface area contributed by atoms with Crippen molar-refractivity contribution >= 4 is 12.6 Å². The molecule has 0 saturated heterocycles. The fourth-order valence-electron chi connectivity index (χ4n) is 0.306. The summed E-state index contributed by atoms with van der Waals surface area (Å²) in [6.07, 6.45) is 0. The molecule has 1 N–H and O–H groups in total. The Kier molecular flexibility index (Phi) is 4.87. The predicted molar refractivity (Wildman–Crippen MR) is 40.2 cm³/mol. The molecular weight excluding hydrogens is 118 g/mol. The second-order valence-corrected chi connectivity index (χ2v) is 1.86. The van der Waals surface area contributed by atoms with E-state index in [1.165, 1.54) is 0 Å². The zero-order valence-electron chi connectivity index (χ0n) is 5.07. The smallest absolute Gasteiger partial charge is 0.0390 e. The van der Waals surface area contributed by atoms with Crippen molar-refractivity contribution in [3.05, 3.63) is 17.9 Å². The number of thiol groups is 1. The largest absolute Gasteiger partial charge is 0.304 e. The van der Waals surface area contributed by atoms with Crippen molar-refractivity contribution in [3.63, 3.8) is 0 Å². The predicted octanol–water partition coefficient (Wildman–Crippen LogP) is 1.19. The first kappa shape index (κ1) is 7.83. The minimum atomic E-state index is 0.707. The number of hydrogen-bond acceptors (Lipinski definition) is 2. The van der Waals surface area contributed by atoms with E-state index >= 15 is 0 Å². The summed E-state index contributed by atoms with van der Waals surface area (Å²) in [7, 11) is 0. The fourth-order valence-corrected chi connectivity index (χ4v) is 0.418. The van der Waals surface area contributed by atoms with Crippen molar-refractivity contribution in [2.75, 3.05) is 12.4 Å². The zero-order chi connectivity index (χ0) is 6.41. The van der Waals surface area contributed by atoms with Crippen molar-refractivity contribution in [3.8, 4) is 0 Å². The quantitative estimate of drug-likeness (QED) is 0.331. The number of nitrogens with one attached hydrogen (secondary N) is 1. The van der Waals surface area contributed by atoms with E-state index in [-0.39, 0.29) is 0 Å². The molecule has 0 unspecified atom stereocenters. The Morgan fingerprint density at radius 1 is 1.88 bits per heavy atom. The van der Waals surface area contributed by atoms with Gasteiger partial charge in [0.25, 0.3) is 0 Å². The Labute approximate surface area is 55.9 Å². The summed E-state index contributed by atoms with van der Waals surface area (Å²) in [5.74, 6) is 0.707. The highest BCUT2D eigenvalue weighted by Gasteiger charge is 1.81. The van der Waals surface area contributed by atoms with E-state index in [4.69, 9.17) is 0 Å². The van der Waals surface area contributed by atoms with Crippen LogP contribution in [0.1, 0.15) is 6.92 Å². The first-order valence-corrected chi connectivity index (χ1v) is 3.11. The van der Waals surface area contributed by atoms with Crippen LogP contribution in [0.25, 0.3) is 0 Å². The minimum absolute atomic E-state index is 0.707. The van der Waals surface area contributed by atoms with E-state index in [1.807, 2.05) is 6.92 Å². The van der Waals surface area contributed by atoms with Gasteiger partial charge in [-0.3, -0.25) is 0 Å². The molecule has 0 radical (unpaired) electrons. The first-order chi connectivity index (χ1) is 3.81. The molecule has 0 bridgehead atoms. The first-order valence-electron chi connectivity index (χ1n) is 2.48. The van der Waals surface area contributed by atoms with Crippen LogP contribution in [-0.2, 0) is 0 Å². The minimum Gasteiger partial charge on any atom is -0.304 e. The van der Waals surface area contributed by atoms with Gasteiger partial charge in [0, 0.05) is 12.4 Å². The third kappa shape index (κ3) is 4.00. The Morgan fingerprint density at radius 3 is 2.88 bits per heavy atom. The molecule has 0 aliphatic heterocycles. The maximum Gasteiger partial charge on any atom is 0.0390 e. The summed E-state index contributed by atoms with van der Waals surface area (Å²) in [6, 6.07) is 0. The monoisotopic (exact) mass is 129 g/mol. The zero-order valence-corrected chi connectivity index (χ0v) is 5.96. The van der Waals surface area contributed by atoms with Crippen LogP contribution >= 0.6 is 12.6 Å². The summed E-state index contributed by atoms with van der Waals surface area (Å²) in [6.45, 7) is 6.30. The van der Waals surface area contributed by atoms with Gasteiger partial charge in [0.2, 0.25) is 0 Å². The Hall–Kier alpha value is -0.170. The molecule has 0 heterocycles. The van der Waals surface area contributed by atoms with Gasteiger partial charge >= 0.3 is 0 Å². The van der Waals surface area contributed by atoms with Crippen molar-refractivity contribution in [2.45, 2.75) is 6.92 Å². The molecule has 8 heavy (non-hydrogen) atoms. The fraction of sp³-hybridized carbons (Fsp3) is 0.500. The average molecular weight is 129 g/mol. The van der Waals surface area contributed by atoms with Crippen LogP contribution in [0.15, 0.2) is 17.9 Å². The third-order valence-electron chi connectivity index (χ3n) is 0.804. The van der Waals surface area contributed by atoms with Gasteiger partial charge in [-0.2, -0.15) is 12.6 Å². The van der Waals surface area contributed by atoms with E-state index in [2.05, 4.69) is 30.3 Å². The highest BCUT2D eigenvalue weighted by molar-refractivity contribution is 7.80. The molecule has 0 aromatic rings. The molecule has 0 fully saturated rings. The third-order valence-corrected chi connectivity index (χ3v) is 1.03. The van der Waals surface area contributed by atoms with Crippen molar-refractivity contribution in [1.82, 2.24) is 5.32 Å². The highest BCUT2D eigenvalue weighted by atomic mass is 32.1. The van der Waals surface area contributed by atoms with Crippen LogP contribution in [0.3, 0.4) is 0 Å².